The van der Waals surface area contributed by atoms with E-state index in [1.54, 1.807) is 26.1 Å². The normalized spacial score (nSPS) is 20.0. The van der Waals surface area contributed by atoms with Crippen LogP contribution in [0.5, 0.6) is 0 Å². The SMILES string of the molecule is Cc1ccc(C(=O)N(C)Cc2ccc([C@@H]3C[C@H]3C)o2)c(=O)[nH]1. The lowest BCUT2D eigenvalue weighted by Gasteiger charge is -2.15. The molecule has 1 N–H and O–H groups in total. The number of aromatic nitrogens is 1. The van der Waals surface area contributed by atoms with Gasteiger partial charge >= 0.3 is 0 Å². The number of hydrogen-bond donors (Lipinski definition) is 1. The zero-order valence-electron chi connectivity index (χ0n) is 13.1. The van der Waals surface area contributed by atoms with Crippen molar-refractivity contribution in [3.63, 3.8) is 0 Å². The monoisotopic (exact) mass is 300 g/mol. The van der Waals surface area contributed by atoms with Gasteiger partial charge in [0.1, 0.15) is 17.1 Å². The first-order valence-electron chi connectivity index (χ1n) is 7.49. The standard InChI is InChI=1S/C17H20N2O3/c1-10-8-14(10)15-7-5-12(22-15)9-19(3)17(21)13-6-4-11(2)18-16(13)20/h4-7,10,14H,8-9H2,1-3H3,(H,18,20)/t10-,14-/m1/s1. The number of nitrogens with zero attached hydrogens (tertiary/aromatic N) is 1. The van der Waals surface area contributed by atoms with Crippen molar-refractivity contribution in [2.24, 2.45) is 5.92 Å². The Morgan fingerprint density at radius 2 is 2.09 bits per heavy atom. The van der Waals surface area contributed by atoms with Crippen LogP contribution in [0.1, 0.15) is 46.8 Å². The van der Waals surface area contributed by atoms with Crippen molar-refractivity contribution in [2.45, 2.75) is 32.7 Å². The molecule has 1 aliphatic rings. The molecule has 2 atom stereocenters. The minimum absolute atomic E-state index is 0.149. The van der Waals surface area contributed by atoms with Crippen LogP contribution in [-0.2, 0) is 6.54 Å². The predicted molar refractivity (Wildman–Crippen MR) is 82.8 cm³/mol. The Hall–Kier alpha value is -2.30. The lowest BCUT2D eigenvalue weighted by molar-refractivity contribution is 0.0773. The maximum absolute atomic E-state index is 12.4. The maximum atomic E-state index is 12.4. The van der Waals surface area contributed by atoms with Crippen LogP contribution in [-0.4, -0.2) is 22.8 Å². The van der Waals surface area contributed by atoms with Gasteiger partial charge in [0, 0.05) is 18.7 Å². The van der Waals surface area contributed by atoms with Gasteiger partial charge in [-0.25, -0.2) is 0 Å². The molecule has 1 aliphatic carbocycles. The van der Waals surface area contributed by atoms with Gasteiger partial charge in [-0.3, -0.25) is 9.59 Å². The first-order chi connectivity index (χ1) is 10.5. The summed E-state index contributed by atoms with van der Waals surface area (Å²) >= 11 is 0. The molecule has 1 saturated carbocycles. The second-order valence-electron chi connectivity index (χ2n) is 6.17. The number of rotatable bonds is 4. The van der Waals surface area contributed by atoms with Gasteiger partial charge in [-0.05, 0) is 43.5 Å². The molecular formula is C17H20N2O3. The first-order valence-corrected chi connectivity index (χ1v) is 7.49. The van der Waals surface area contributed by atoms with Gasteiger partial charge < -0.3 is 14.3 Å². The molecule has 0 saturated heterocycles. The van der Waals surface area contributed by atoms with E-state index in [9.17, 15) is 9.59 Å². The van der Waals surface area contributed by atoms with E-state index >= 15 is 0 Å². The highest BCUT2D eigenvalue weighted by molar-refractivity contribution is 5.93. The van der Waals surface area contributed by atoms with Crippen molar-refractivity contribution in [1.82, 2.24) is 9.88 Å². The van der Waals surface area contributed by atoms with E-state index < -0.39 is 0 Å². The molecule has 0 radical (unpaired) electrons. The number of nitrogens with one attached hydrogen (secondary N) is 1. The van der Waals surface area contributed by atoms with Crippen LogP contribution in [0.15, 0.2) is 33.5 Å². The number of aromatic amines is 1. The molecule has 5 heteroatoms. The minimum Gasteiger partial charge on any atom is -0.464 e. The molecule has 3 rings (SSSR count). The number of hydrogen-bond acceptors (Lipinski definition) is 3. The highest BCUT2D eigenvalue weighted by Gasteiger charge is 2.36. The third-order valence-corrected chi connectivity index (χ3v) is 4.18. The molecule has 0 bridgehead atoms. The average Bonchev–Trinajstić information content (AvgIpc) is 3.01. The summed E-state index contributed by atoms with van der Waals surface area (Å²) in [5, 5.41) is 0. The molecule has 5 nitrogen and oxygen atoms in total. The quantitative estimate of drug-likeness (QED) is 0.944. The van der Waals surface area contributed by atoms with Gasteiger partial charge in [0.15, 0.2) is 0 Å². The number of aryl methyl sites for hydroxylation is 1. The van der Waals surface area contributed by atoms with E-state index in [1.165, 1.54) is 11.3 Å². The van der Waals surface area contributed by atoms with Gasteiger partial charge in [0.25, 0.3) is 11.5 Å². The van der Waals surface area contributed by atoms with Crippen molar-refractivity contribution >= 4 is 5.91 Å². The molecule has 22 heavy (non-hydrogen) atoms. The molecule has 1 fully saturated rings. The summed E-state index contributed by atoms with van der Waals surface area (Å²) in [6.07, 6.45) is 1.17. The molecule has 0 aromatic carbocycles. The van der Waals surface area contributed by atoms with E-state index in [2.05, 4.69) is 11.9 Å². The number of carbonyl (C=O) groups is 1. The van der Waals surface area contributed by atoms with Gasteiger partial charge in [0.05, 0.1) is 6.54 Å². The molecule has 2 heterocycles. The molecule has 116 valence electrons. The van der Waals surface area contributed by atoms with Crippen LogP contribution >= 0.6 is 0 Å². The second-order valence-corrected chi connectivity index (χ2v) is 6.17. The smallest absolute Gasteiger partial charge is 0.260 e. The maximum Gasteiger partial charge on any atom is 0.260 e. The van der Waals surface area contributed by atoms with Crippen LogP contribution in [0.3, 0.4) is 0 Å². The lowest BCUT2D eigenvalue weighted by atomic mass is 10.2. The van der Waals surface area contributed by atoms with E-state index in [1.807, 2.05) is 12.1 Å². The first kappa shape index (κ1) is 14.6. The Bertz CT molecular complexity index is 759. The molecule has 0 unspecified atom stereocenters. The van der Waals surface area contributed by atoms with Gasteiger partial charge in [0.2, 0.25) is 0 Å². The van der Waals surface area contributed by atoms with E-state index in [0.717, 1.165) is 17.2 Å². The zero-order valence-corrected chi connectivity index (χ0v) is 13.1. The molecular weight excluding hydrogens is 280 g/mol. The van der Waals surface area contributed by atoms with Gasteiger partial charge in [-0.2, -0.15) is 0 Å². The molecule has 0 spiro atoms. The Morgan fingerprint density at radius 3 is 2.73 bits per heavy atom. The summed E-state index contributed by atoms with van der Waals surface area (Å²) in [6, 6.07) is 7.18. The summed E-state index contributed by atoms with van der Waals surface area (Å²) in [5.41, 5.74) is 0.526. The molecule has 2 aromatic heterocycles. The molecule has 1 amide bonds. The van der Waals surface area contributed by atoms with Crippen LogP contribution < -0.4 is 5.56 Å². The fourth-order valence-corrected chi connectivity index (χ4v) is 2.65. The molecule has 2 aromatic rings. The number of H-pyrrole nitrogens is 1. The van der Waals surface area contributed by atoms with Gasteiger partial charge in [-0.15, -0.1) is 0 Å². The van der Waals surface area contributed by atoms with Crippen molar-refractivity contribution in [1.29, 1.82) is 0 Å². The predicted octanol–water partition coefficient (Wildman–Crippen LogP) is 2.67. The van der Waals surface area contributed by atoms with Crippen LogP contribution in [0.25, 0.3) is 0 Å². The summed E-state index contributed by atoms with van der Waals surface area (Å²) < 4.78 is 5.80. The van der Waals surface area contributed by atoms with Crippen LogP contribution in [0.2, 0.25) is 0 Å². The average molecular weight is 300 g/mol. The Labute approximate surface area is 128 Å². The Balaban J connectivity index is 1.70. The fourth-order valence-electron chi connectivity index (χ4n) is 2.65. The highest BCUT2D eigenvalue weighted by atomic mass is 16.3. The number of furan rings is 1. The van der Waals surface area contributed by atoms with E-state index in [0.29, 0.717) is 18.4 Å². The third kappa shape index (κ3) is 2.84. The van der Waals surface area contributed by atoms with E-state index in [4.69, 9.17) is 4.42 Å². The summed E-state index contributed by atoms with van der Waals surface area (Å²) in [6.45, 7) is 4.34. The summed E-state index contributed by atoms with van der Waals surface area (Å²) in [4.78, 5) is 28.3. The highest BCUT2D eigenvalue weighted by Crippen LogP contribution is 2.47. The largest absolute Gasteiger partial charge is 0.464 e. The fraction of sp³-hybridized carbons (Fsp3) is 0.412. The summed E-state index contributed by atoms with van der Waals surface area (Å²) in [7, 11) is 1.67. The Morgan fingerprint density at radius 1 is 1.36 bits per heavy atom. The number of carbonyl (C=O) groups excluding carboxylic acids is 1. The topological polar surface area (TPSA) is 66.3 Å². The van der Waals surface area contributed by atoms with Crippen molar-refractivity contribution in [3.05, 3.63) is 57.4 Å². The number of pyridine rings is 1. The number of amides is 1. The van der Waals surface area contributed by atoms with Crippen molar-refractivity contribution < 1.29 is 9.21 Å². The summed E-state index contributed by atoms with van der Waals surface area (Å²) in [5.74, 6) is 2.64. The zero-order chi connectivity index (χ0) is 15.9. The lowest BCUT2D eigenvalue weighted by Crippen LogP contribution is -2.31. The van der Waals surface area contributed by atoms with Crippen molar-refractivity contribution in [3.8, 4) is 0 Å². The second kappa shape index (κ2) is 5.48. The van der Waals surface area contributed by atoms with Gasteiger partial charge in [-0.1, -0.05) is 6.92 Å². The van der Waals surface area contributed by atoms with Crippen molar-refractivity contribution in [2.75, 3.05) is 7.05 Å². The van der Waals surface area contributed by atoms with E-state index in [-0.39, 0.29) is 17.0 Å². The minimum atomic E-state index is -0.358. The molecule has 0 aliphatic heterocycles. The third-order valence-electron chi connectivity index (χ3n) is 4.18. The van der Waals surface area contributed by atoms with Crippen LogP contribution in [0.4, 0.5) is 0 Å². The Kier molecular flexibility index (Phi) is 3.64. The van der Waals surface area contributed by atoms with Crippen LogP contribution in [0, 0.1) is 12.8 Å².